The molecule has 0 bridgehead atoms. The van der Waals surface area contributed by atoms with Crippen LogP contribution in [-0.2, 0) is 9.53 Å². The van der Waals surface area contributed by atoms with Gasteiger partial charge in [0.1, 0.15) is 0 Å². The first-order valence-electron chi connectivity index (χ1n) is 7.58. The van der Waals surface area contributed by atoms with Crippen LogP contribution in [0.15, 0.2) is 30.3 Å². The summed E-state index contributed by atoms with van der Waals surface area (Å²) < 4.78 is 4.95. The van der Waals surface area contributed by atoms with Crippen LogP contribution in [0.4, 0.5) is 0 Å². The van der Waals surface area contributed by atoms with Gasteiger partial charge in [-0.05, 0) is 31.2 Å². The van der Waals surface area contributed by atoms with E-state index in [1.165, 1.54) is 32.8 Å². The van der Waals surface area contributed by atoms with Gasteiger partial charge in [0.25, 0.3) is 0 Å². The minimum atomic E-state index is -0.218. The van der Waals surface area contributed by atoms with E-state index in [1.807, 2.05) is 30.3 Å². The molecule has 3 heteroatoms. The van der Waals surface area contributed by atoms with Crippen molar-refractivity contribution in [3.8, 4) is 0 Å². The molecule has 2 rings (SSSR count). The lowest BCUT2D eigenvalue weighted by Crippen LogP contribution is -2.37. The third-order valence-electron chi connectivity index (χ3n) is 4.44. The summed E-state index contributed by atoms with van der Waals surface area (Å²) in [4.78, 5) is 12.0. The van der Waals surface area contributed by atoms with Crippen LogP contribution in [-0.4, -0.2) is 25.7 Å². The highest BCUT2D eigenvalue weighted by molar-refractivity contribution is 5.78. The van der Waals surface area contributed by atoms with Crippen molar-refractivity contribution in [2.45, 2.75) is 44.6 Å². The number of nitrogens with one attached hydrogen (secondary N) is 1. The second-order valence-corrected chi connectivity index (χ2v) is 5.73. The van der Waals surface area contributed by atoms with E-state index in [1.54, 1.807) is 0 Å². The number of rotatable bonds is 6. The zero-order valence-electron chi connectivity index (χ0n) is 12.5. The lowest BCUT2D eigenvalue weighted by molar-refractivity contribution is -0.142. The smallest absolute Gasteiger partial charge is 0.314 e. The second kappa shape index (κ2) is 7.44. The Morgan fingerprint density at radius 3 is 2.55 bits per heavy atom. The van der Waals surface area contributed by atoms with Crippen molar-refractivity contribution in [2.24, 2.45) is 5.92 Å². The zero-order valence-corrected chi connectivity index (χ0v) is 12.5. The number of ether oxygens (including phenoxy) is 1. The van der Waals surface area contributed by atoms with Crippen LogP contribution in [0.3, 0.4) is 0 Å². The Morgan fingerprint density at radius 2 is 1.95 bits per heavy atom. The molecular formula is C17H25NO2. The molecule has 1 aromatic rings. The van der Waals surface area contributed by atoms with Crippen LogP contribution >= 0.6 is 0 Å². The van der Waals surface area contributed by atoms with E-state index in [2.05, 4.69) is 12.2 Å². The number of carbonyl (C=O) groups excluding carboxylic acids is 1. The topological polar surface area (TPSA) is 38.3 Å². The van der Waals surface area contributed by atoms with Crippen molar-refractivity contribution in [1.82, 2.24) is 5.32 Å². The van der Waals surface area contributed by atoms with E-state index in [9.17, 15) is 4.79 Å². The summed E-state index contributed by atoms with van der Waals surface area (Å²) in [5.41, 5.74) is 1.02. The molecule has 1 N–H and O–H groups in total. The summed E-state index contributed by atoms with van der Waals surface area (Å²) in [6.45, 7) is 2.88. The van der Waals surface area contributed by atoms with Gasteiger partial charge in [0, 0.05) is 12.6 Å². The Hall–Kier alpha value is -1.35. The van der Waals surface area contributed by atoms with Crippen LogP contribution in [0.2, 0.25) is 0 Å². The van der Waals surface area contributed by atoms with E-state index in [-0.39, 0.29) is 11.9 Å². The molecule has 1 aliphatic carbocycles. The molecule has 0 amide bonds. The highest BCUT2D eigenvalue weighted by atomic mass is 16.5. The number of hydrogen-bond acceptors (Lipinski definition) is 3. The van der Waals surface area contributed by atoms with Crippen LogP contribution in [0.1, 0.15) is 44.1 Å². The van der Waals surface area contributed by atoms with Crippen LogP contribution < -0.4 is 5.32 Å². The molecular weight excluding hydrogens is 250 g/mol. The van der Waals surface area contributed by atoms with Crippen molar-refractivity contribution in [3.05, 3.63) is 35.9 Å². The van der Waals surface area contributed by atoms with E-state index in [0.717, 1.165) is 11.5 Å². The van der Waals surface area contributed by atoms with Crippen molar-refractivity contribution in [3.63, 3.8) is 0 Å². The highest BCUT2D eigenvalue weighted by Crippen LogP contribution is 2.28. The van der Waals surface area contributed by atoms with E-state index < -0.39 is 0 Å². The van der Waals surface area contributed by atoms with E-state index >= 15 is 0 Å². The minimum absolute atomic E-state index is 0.165. The Balaban J connectivity index is 1.96. The average Bonchev–Trinajstić information content (AvgIpc) is 3.02. The molecule has 2 atom stereocenters. The summed E-state index contributed by atoms with van der Waals surface area (Å²) >= 11 is 0. The zero-order chi connectivity index (χ0) is 14.4. The third-order valence-corrected chi connectivity index (χ3v) is 4.44. The average molecular weight is 275 g/mol. The number of benzene rings is 1. The maximum atomic E-state index is 12.0. The van der Waals surface area contributed by atoms with Gasteiger partial charge in [-0.25, -0.2) is 0 Å². The Morgan fingerprint density at radius 1 is 1.30 bits per heavy atom. The minimum Gasteiger partial charge on any atom is -0.469 e. The number of hydrogen-bond donors (Lipinski definition) is 1. The van der Waals surface area contributed by atoms with Gasteiger partial charge in [-0.1, -0.05) is 43.2 Å². The second-order valence-electron chi connectivity index (χ2n) is 5.73. The van der Waals surface area contributed by atoms with Crippen LogP contribution in [0.25, 0.3) is 0 Å². The standard InChI is InChI=1S/C17H25NO2/c1-13(14-8-6-7-9-14)18-12-16(17(19)20-2)15-10-4-3-5-11-15/h3-5,10-11,13-14,16,18H,6-9,12H2,1-2H3. The molecule has 0 heterocycles. The van der Waals surface area contributed by atoms with Gasteiger partial charge in [0.05, 0.1) is 13.0 Å². The molecule has 0 aliphatic heterocycles. The van der Waals surface area contributed by atoms with Crippen LogP contribution in [0, 0.1) is 5.92 Å². The molecule has 110 valence electrons. The molecule has 0 spiro atoms. The Bertz CT molecular complexity index is 412. The van der Waals surface area contributed by atoms with Gasteiger partial charge in [-0.2, -0.15) is 0 Å². The van der Waals surface area contributed by atoms with Gasteiger partial charge in [0.2, 0.25) is 0 Å². The summed E-state index contributed by atoms with van der Waals surface area (Å²) in [7, 11) is 1.46. The van der Waals surface area contributed by atoms with Crippen molar-refractivity contribution < 1.29 is 9.53 Å². The van der Waals surface area contributed by atoms with E-state index in [4.69, 9.17) is 4.74 Å². The lowest BCUT2D eigenvalue weighted by Gasteiger charge is -2.23. The summed E-state index contributed by atoms with van der Waals surface area (Å²) in [6, 6.07) is 10.3. The predicted octanol–water partition coefficient (Wildman–Crippen LogP) is 3.11. The van der Waals surface area contributed by atoms with Gasteiger partial charge in [-0.3, -0.25) is 4.79 Å². The number of methoxy groups -OCH3 is 1. The Kier molecular flexibility index (Phi) is 5.60. The quantitative estimate of drug-likeness (QED) is 0.811. The fraction of sp³-hybridized carbons (Fsp3) is 0.588. The molecule has 2 unspecified atom stereocenters. The fourth-order valence-corrected chi connectivity index (χ4v) is 3.09. The lowest BCUT2D eigenvalue weighted by atomic mass is 9.96. The van der Waals surface area contributed by atoms with Crippen molar-refractivity contribution in [1.29, 1.82) is 0 Å². The molecule has 3 nitrogen and oxygen atoms in total. The molecule has 1 saturated carbocycles. The molecule has 1 aromatic carbocycles. The predicted molar refractivity (Wildman–Crippen MR) is 80.6 cm³/mol. The first-order chi connectivity index (χ1) is 9.72. The molecule has 0 saturated heterocycles. The molecule has 1 fully saturated rings. The normalized spacial score (nSPS) is 18.7. The molecule has 20 heavy (non-hydrogen) atoms. The van der Waals surface area contributed by atoms with Crippen LogP contribution in [0.5, 0.6) is 0 Å². The van der Waals surface area contributed by atoms with Gasteiger partial charge >= 0.3 is 5.97 Å². The van der Waals surface area contributed by atoms with Gasteiger partial charge in [0.15, 0.2) is 0 Å². The largest absolute Gasteiger partial charge is 0.469 e. The Labute approximate surface area is 121 Å². The molecule has 0 radical (unpaired) electrons. The monoisotopic (exact) mass is 275 g/mol. The highest BCUT2D eigenvalue weighted by Gasteiger charge is 2.25. The molecule has 1 aliphatic rings. The summed E-state index contributed by atoms with van der Waals surface area (Å²) in [6.07, 6.45) is 5.30. The fourth-order valence-electron chi connectivity index (χ4n) is 3.09. The number of esters is 1. The van der Waals surface area contributed by atoms with Gasteiger partial charge < -0.3 is 10.1 Å². The molecule has 0 aromatic heterocycles. The first-order valence-corrected chi connectivity index (χ1v) is 7.58. The SMILES string of the molecule is COC(=O)C(CNC(C)C1CCCC1)c1ccccc1. The summed E-state index contributed by atoms with van der Waals surface area (Å²) in [5.74, 6) is 0.372. The first kappa shape index (κ1) is 15.0. The van der Waals surface area contributed by atoms with Gasteiger partial charge in [-0.15, -0.1) is 0 Å². The van der Waals surface area contributed by atoms with Crippen molar-refractivity contribution >= 4 is 5.97 Å². The maximum absolute atomic E-state index is 12.0. The third kappa shape index (κ3) is 3.83. The maximum Gasteiger partial charge on any atom is 0.314 e. The summed E-state index contributed by atoms with van der Waals surface area (Å²) in [5, 5.41) is 3.54. The number of carbonyl (C=O) groups is 1. The van der Waals surface area contributed by atoms with Crippen molar-refractivity contribution in [2.75, 3.05) is 13.7 Å². The van der Waals surface area contributed by atoms with E-state index in [0.29, 0.717) is 12.6 Å².